The van der Waals surface area contributed by atoms with Gasteiger partial charge in [-0.25, -0.2) is 15.6 Å². The lowest BCUT2D eigenvalue weighted by molar-refractivity contribution is -0.121. The fraction of sp³-hybridized carbons (Fsp3) is 0.556. The molecule has 0 radical (unpaired) electrons. The van der Waals surface area contributed by atoms with E-state index in [1.165, 1.54) is 0 Å². The summed E-state index contributed by atoms with van der Waals surface area (Å²) in [7, 11) is 0. The third-order valence-corrected chi connectivity index (χ3v) is 5.20. The van der Waals surface area contributed by atoms with Crippen LogP contribution in [0.25, 0.3) is 0 Å². The number of nitrogens with one attached hydrogen (secondary N) is 4. The second-order valence-corrected chi connectivity index (χ2v) is 7.94. The van der Waals surface area contributed by atoms with Crippen LogP contribution in [0.3, 0.4) is 0 Å². The lowest BCUT2D eigenvalue weighted by Crippen LogP contribution is -2.38. The fourth-order valence-corrected chi connectivity index (χ4v) is 3.91. The highest BCUT2D eigenvalue weighted by atomic mass is 35.5. The average Bonchev–Trinajstić information content (AvgIpc) is 3.31. The first-order valence-electron chi connectivity index (χ1n) is 9.39. The summed E-state index contributed by atoms with van der Waals surface area (Å²) in [5, 5.41) is 4.00. The van der Waals surface area contributed by atoms with Crippen LogP contribution in [-0.2, 0) is 16.1 Å². The topological polar surface area (TPSA) is 94.7 Å². The van der Waals surface area contributed by atoms with Crippen molar-refractivity contribution in [3.8, 4) is 0 Å². The quantitative estimate of drug-likeness (QED) is 0.529. The van der Waals surface area contributed by atoms with Crippen LogP contribution in [0.2, 0.25) is 10.0 Å². The van der Waals surface area contributed by atoms with Crippen LogP contribution >= 0.6 is 23.2 Å². The van der Waals surface area contributed by atoms with Gasteiger partial charge in [-0.15, -0.1) is 0 Å². The smallest absolute Gasteiger partial charge is 0.410 e. The van der Waals surface area contributed by atoms with Crippen molar-refractivity contribution in [1.82, 2.24) is 26.6 Å². The highest BCUT2D eigenvalue weighted by molar-refractivity contribution is 6.34. The number of carbonyl (C=O) groups excluding carboxylic acids is 2. The molecule has 2 saturated heterocycles. The van der Waals surface area contributed by atoms with Crippen LogP contribution in [0.5, 0.6) is 0 Å². The predicted molar refractivity (Wildman–Crippen MR) is 107 cm³/mol. The number of ether oxygens (including phenoxy) is 1. The molecule has 10 heteroatoms. The molecule has 0 aliphatic carbocycles. The van der Waals surface area contributed by atoms with Gasteiger partial charge in [0.25, 0.3) is 0 Å². The zero-order chi connectivity index (χ0) is 19.9. The number of hydrogen-bond donors (Lipinski definition) is 4. The molecule has 2 heterocycles. The minimum atomic E-state index is -0.403. The Morgan fingerprint density at radius 2 is 2.04 bits per heavy atom. The Bertz CT molecular complexity index is 680. The van der Waals surface area contributed by atoms with Crippen LogP contribution in [0.15, 0.2) is 18.2 Å². The first-order valence-corrected chi connectivity index (χ1v) is 10.1. The summed E-state index contributed by atoms with van der Waals surface area (Å²) < 4.78 is 5.34. The molecule has 2 aliphatic heterocycles. The second kappa shape index (κ2) is 10.3. The number of rotatable bonds is 7. The molecule has 0 aromatic heterocycles. The lowest BCUT2D eigenvalue weighted by atomic mass is 10.1. The Balaban J connectivity index is 1.34. The van der Waals surface area contributed by atoms with E-state index in [0.717, 1.165) is 31.4 Å². The number of nitrogens with zero attached hydrogens (tertiary/aromatic N) is 1. The van der Waals surface area contributed by atoms with Crippen molar-refractivity contribution in [2.75, 3.05) is 19.6 Å². The summed E-state index contributed by atoms with van der Waals surface area (Å²) >= 11 is 11.9. The molecule has 2 aliphatic rings. The van der Waals surface area contributed by atoms with Crippen molar-refractivity contribution in [3.63, 3.8) is 0 Å². The third kappa shape index (κ3) is 6.49. The minimum absolute atomic E-state index is 0.0210. The zero-order valence-electron chi connectivity index (χ0n) is 15.5. The van der Waals surface area contributed by atoms with E-state index >= 15 is 0 Å². The maximum atomic E-state index is 12.2. The maximum absolute atomic E-state index is 12.2. The Labute approximate surface area is 174 Å². The minimum Gasteiger partial charge on any atom is -0.445 e. The maximum Gasteiger partial charge on any atom is 0.410 e. The Kier molecular flexibility index (Phi) is 7.75. The van der Waals surface area contributed by atoms with Gasteiger partial charge < -0.3 is 15.0 Å². The van der Waals surface area contributed by atoms with E-state index in [0.29, 0.717) is 35.6 Å². The number of amides is 2. The fourth-order valence-electron chi connectivity index (χ4n) is 3.34. The van der Waals surface area contributed by atoms with E-state index in [2.05, 4.69) is 21.7 Å². The van der Waals surface area contributed by atoms with Crippen molar-refractivity contribution < 1.29 is 14.3 Å². The van der Waals surface area contributed by atoms with E-state index in [9.17, 15) is 9.59 Å². The molecule has 2 fully saturated rings. The molecule has 0 bridgehead atoms. The number of carbonyl (C=O) groups is 2. The molecule has 0 saturated carbocycles. The molecule has 0 spiro atoms. The summed E-state index contributed by atoms with van der Waals surface area (Å²) in [6.45, 7) is 1.97. The van der Waals surface area contributed by atoms with Gasteiger partial charge in [0.2, 0.25) is 5.91 Å². The van der Waals surface area contributed by atoms with E-state index in [4.69, 9.17) is 27.9 Å². The number of likely N-dealkylation sites (tertiary alicyclic amines) is 1. The van der Waals surface area contributed by atoms with Gasteiger partial charge in [-0.3, -0.25) is 4.79 Å². The molecule has 1 aromatic rings. The van der Waals surface area contributed by atoms with Gasteiger partial charge in [0.1, 0.15) is 6.61 Å². The summed E-state index contributed by atoms with van der Waals surface area (Å²) in [6.07, 6.45) is 2.54. The molecule has 154 valence electrons. The van der Waals surface area contributed by atoms with Crippen LogP contribution < -0.4 is 21.7 Å². The molecule has 2 amide bonds. The van der Waals surface area contributed by atoms with Crippen molar-refractivity contribution in [3.05, 3.63) is 33.8 Å². The highest BCUT2D eigenvalue weighted by Gasteiger charge is 2.28. The standard InChI is InChI=1S/C18H25Cl2N5O3/c19-13-6-12(7-14(20)8-13)11-28-18(27)25-5-4-16(10-25)22-17(26)3-1-2-15-9-21-24-23-15/h6-8,15-16,21,23-24H,1-5,9-11H2,(H,22,26)/t15?,16-/m1/s1. The molecular formula is C18H25Cl2N5O3. The number of benzene rings is 1. The Morgan fingerprint density at radius 1 is 1.25 bits per heavy atom. The normalized spacial score (nSPS) is 21.7. The molecular weight excluding hydrogens is 405 g/mol. The number of hydrogen-bond acceptors (Lipinski definition) is 6. The Morgan fingerprint density at radius 3 is 2.75 bits per heavy atom. The number of halogens is 2. The van der Waals surface area contributed by atoms with E-state index in [-0.39, 0.29) is 18.6 Å². The first kappa shape index (κ1) is 21.1. The zero-order valence-corrected chi connectivity index (χ0v) is 17.0. The van der Waals surface area contributed by atoms with Crippen molar-refractivity contribution in [2.24, 2.45) is 0 Å². The predicted octanol–water partition coefficient (Wildman–Crippen LogP) is 1.97. The van der Waals surface area contributed by atoms with Crippen LogP contribution in [0.1, 0.15) is 31.2 Å². The molecule has 1 unspecified atom stereocenters. The van der Waals surface area contributed by atoms with Gasteiger partial charge in [-0.2, -0.15) is 5.53 Å². The van der Waals surface area contributed by atoms with E-state index < -0.39 is 6.09 Å². The molecule has 4 N–H and O–H groups in total. The summed E-state index contributed by atoms with van der Waals surface area (Å²) in [4.78, 5) is 26.0. The largest absolute Gasteiger partial charge is 0.445 e. The SMILES string of the molecule is O=C(CCCC1CNNN1)N[C@@H]1CCN(C(=O)OCc2cc(Cl)cc(Cl)c2)C1. The highest BCUT2D eigenvalue weighted by Crippen LogP contribution is 2.20. The second-order valence-electron chi connectivity index (χ2n) is 7.07. The summed E-state index contributed by atoms with van der Waals surface area (Å²) in [5.41, 5.74) is 9.65. The molecule has 3 rings (SSSR count). The van der Waals surface area contributed by atoms with Gasteiger partial charge >= 0.3 is 6.09 Å². The molecule has 2 atom stereocenters. The molecule has 28 heavy (non-hydrogen) atoms. The van der Waals surface area contributed by atoms with Crippen LogP contribution in [0, 0.1) is 0 Å². The van der Waals surface area contributed by atoms with Gasteiger partial charge in [0.05, 0.1) is 0 Å². The van der Waals surface area contributed by atoms with E-state index in [1.54, 1.807) is 23.1 Å². The van der Waals surface area contributed by atoms with Gasteiger partial charge in [-0.05, 0) is 43.0 Å². The monoisotopic (exact) mass is 429 g/mol. The van der Waals surface area contributed by atoms with Gasteiger partial charge in [0.15, 0.2) is 0 Å². The van der Waals surface area contributed by atoms with Crippen molar-refractivity contribution in [2.45, 2.75) is 44.4 Å². The Hall–Kier alpha value is -1.58. The molecule has 8 nitrogen and oxygen atoms in total. The first-order chi connectivity index (χ1) is 13.5. The van der Waals surface area contributed by atoms with Crippen molar-refractivity contribution in [1.29, 1.82) is 0 Å². The van der Waals surface area contributed by atoms with Crippen LogP contribution in [-0.4, -0.2) is 48.6 Å². The number of hydrazine groups is 2. The summed E-state index contributed by atoms with van der Waals surface area (Å²) in [5.74, 6) is 0.0210. The summed E-state index contributed by atoms with van der Waals surface area (Å²) in [6, 6.07) is 5.36. The van der Waals surface area contributed by atoms with Crippen molar-refractivity contribution >= 4 is 35.2 Å². The average molecular weight is 430 g/mol. The molecule has 1 aromatic carbocycles. The van der Waals surface area contributed by atoms with E-state index in [1.807, 2.05) is 0 Å². The van der Waals surface area contributed by atoms with Gasteiger partial charge in [-0.1, -0.05) is 23.2 Å². The lowest BCUT2D eigenvalue weighted by Gasteiger charge is -2.17. The third-order valence-electron chi connectivity index (χ3n) is 4.77. The van der Waals surface area contributed by atoms with Crippen LogP contribution in [0.4, 0.5) is 4.79 Å². The van der Waals surface area contributed by atoms with Gasteiger partial charge in [0, 0.05) is 48.2 Å².